The number of rotatable bonds is 31. The standard InChI is InChI=1S/C26H54O9S/c1-2-3-4-5-6-7-8-9-10-11-12-14-30-16-18-32-20-22-34-24-25-35-23-21-33-19-17-31-15-13-26-36(27,28)29/h2-26H2,1H3,(H,27,28,29). The van der Waals surface area contributed by atoms with Gasteiger partial charge in [-0.3, -0.25) is 4.55 Å². The van der Waals surface area contributed by atoms with E-state index in [1.54, 1.807) is 0 Å². The Morgan fingerprint density at radius 3 is 1.03 bits per heavy atom. The van der Waals surface area contributed by atoms with Crippen LogP contribution in [0.1, 0.15) is 84.0 Å². The van der Waals surface area contributed by atoms with Gasteiger partial charge < -0.3 is 28.4 Å². The van der Waals surface area contributed by atoms with Crippen molar-refractivity contribution in [2.24, 2.45) is 0 Å². The second-order valence-electron chi connectivity index (χ2n) is 8.85. The normalized spacial score (nSPS) is 11.9. The van der Waals surface area contributed by atoms with E-state index in [1.807, 2.05) is 0 Å². The SMILES string of the molecule is CCCCCCCCCCCCCOCCOCCOCCOCCOCCOCCCS(=O)(=O)O. The fraction of sp³-hybridized carbons (Fsp3) is 1.00. The molecule has 0 amide bonds. The highest BCUT2D eigenvalue weighted by molar-refractivity contribution is 7.85. The summed E-state index contributed by atoms with van der Waals surface area (Å²) in [6.45, 7) is 8.39. The fourth-order valence-corrected chi connectivity index (χ4v) is 3.90. The Balaban J connectivity index is 3.04. The Morgan fingerprint density at radius 2 is 0.694 bits per heavy atom. The first-order valence-electron chi connectivity index (χ1n) is 14.0. The highest BCUT2D eigenvalue weighted by Gasteiger charge is 2.03. The molecule has 0 aliphatic carbocycles. The van der Waals surface area contributed by atoms with Gasteiger partial charge in [0, 0.05) is 13.2 Å². The van der Waals surface area contributed by atoms with E-state index in [9.17, 15) is 8.42 Å². The topological polar surface area (TPSA) is 110 Å². The van der Waals surface area contributed by atoms with Crippen LogP contribution in [0, 0.1) is 0 Å². The van der Waals surface area contributed by atoms with E-state index in [0.29, 0.717) is 66.1 Å². The maximum atomic E-state index is 10.5. The van der Waals surface area contributed by atoms with Crippen LogP contribution in [0.3, 0.4) is 0 Å². The molecule has 0 aromatic heterocycles. The summed E-state index contributed by atoms with van der Waals surface area (Å²) in [5.74, 6) is -0.288. The monoisotopic (exact) mass is 542 g/mol. The largest absolute Gasteiger partial charge is 0.379 e. The molecule has 0 spiro atoms. The summed E-state index contributed by atoms with van der Waals surface area (Å²) in [4.78, 5) is 0. The van der Waals surface area contributed by atoms with Crippen LogP contribution in [-0.4, -0.2) is 98.0 Å². The van der Waals surface area contributed by atoms with Crippen molar-refractivity contribution < 1.29 is 41.4 Å². The lowest BCUT2D eigenvalue weighted by Crippen LogP contribution is -2.14. The van der Waals surface area contributed by atoms with Crippen LogP contribution >= 0.6 is 0 Å². The highest BCUT2D eigenvalue weighted by Crippen LogP contribution is 2.11. The van der Waals surface area contributed by atoms with Crippen LogP contribution < -0.4 is 0 Å². The zero-order valence-electron chi connectivity index (χ0n) is 22.8. The van der Waals surface area contributed by atoms with Gasteiger partial charge in [-0.05, 0) is 12.8 Å². The molecule has 0 unspecified atom stereocenters. The number of hydrogen-bond acceptors (Lipinski definition) is 8. The van der Waals surface area contributed by atoms with Crippen LogP contribution in [0.4, 0.5) is 0 Å². The first kappa shape index (κ1) is 35.7. The molecule has 0 saturated heterocycles. The molecule has 0 fully saturated rings. The molecule has 0 heterocycles. The van der Waals surface area contributed by atoms with Crippen LogP contribution in [0.2, 0.25) is 0 Å². The van der Waals surface area contributed by atoms with Crippen molar-refractivity contribution in [1.29, 1.82) is 0 Å². The first-order chi connectivity index (χ1) is 17.6. The fourth-order valence-electron chi connectivity index (χ4n) is 3.41. The zero-order chi connectivity index (χ0) is 26.4. The molecule has 0 aliphatic rings. The lowest BCUT2D eigenvalue weighted by Gasteiger charge is -2.08. The molecule has 36 heavy (non-hydrogen) atoms. The summed E-state index contributed by atoms with van der Waals surface area (Å²) >= 11 is 0. The van der Waals surface area contributed by atoms with Gasteiger partial charge in [0.1, 0.15) is 0 Å². The molecule has 0 aromatic rings. The van der Waals surface area contributed by atoms with Gasteiger partial charge in [-0.15, -0.1) is 0 Å². The summed E-state index contributed by atoms with van der Waals surface area (Å²) in [5.41, 5.74) is 0. The molecule has 0 aliphatic heterocycles. The Morgan fingerprint density at radius 1 is 0.417 bits per heavy atom. The van der Waals surface area contributed by atoms with Gasteiger partial charge in [0.2, 0.25) is 0 Å². The van der Waals surface area contributed by atoms with Crippen molar-refractivity contribution in [1.82, 2.24) is 0 Å². The van der Waals surface area contributed by atoms with Crippen molar-refractivity contribution in [2.45, 2.75) is 84.0 Å². The minimum atomic E-state index is -3.90. The molecule has 0 saturated carbocycles. The number of unbranched alkanes of at least 4 members (excludes halogenated alkanes) is 10. The minimum Gasteiger partial charge on any atom is -0.379 e. The summed E-state index contributed by atoms with van der Waals surface area (Å²) in [6, 6.07) is 0. The Kier molecular flexibility index (Phi) is 29.0. The predicted molar refractivity (Wildman–Crippen MR) is 142 cm³/mol. The van der Waals surface area contributed by atoms with E-state index in [-0.39, 0.29) is 18.8 Å². The first-order valence-corrected chi connectivity index (χ1v) is 15.6. The van der Waals surface area contributed by atoms with Crippen molar-refractivity contribution in [3.63, 3.8) is 0 Å². The van der Waals surface area contributed by atoms with Crippen molar-refractivity contribution in [3.8, 4) is 0 Å². The van der Waals surface area contributed by atoms with Gasteiger partial charge in [-0.2, -0.15) is 8.42 Å². The molecule has 0 aromatic carbocycles. The van der Waals surface area contributed by atoms with E-state index < -0.39 is 10.1 Å². The maximum absolute atomic E-state index is 10.5. The van der Waals surface area contributed by atoms with Crippen LogP contribution in [0.5, 0.6) is 0 Å². The Bertz CT molecular complexity index is 518. The third-order valence-corrected chi connectivity index (χ3v) is 6.25. The van der Waals surface area contributed by atoms with Crippen molar-refractivity contribution in [2.75, 3.05) is 85.0 Å². The van der Waals surface area contributed by atoms with E-state index in [0.717, 1.165) is 13.0 Å². The summed E-state index contributed by atoms with van der Waals surface area (Å²) < 4.78 is 62.2. The van der Waals surface area contributed by atoms with E-state index >= 15 is 0 Å². The second kappa shape index (κ2) is 29.2. The molecule has 0 atom stereocenters. The second-order valence-corrected chi connectivity index (χ2v) is 10.4. The van der Waals surface area contributed by atoms with E-state index in [4.69, 9.17) is 33.0 Å². The molecule has 0 rings (SSSR count). The summed E-state index contributed by atoms with van der Waals surface area (Å²) in [5, 5.41) is 0. The predicted octanol–water partition coefficient (Wildman–Crippen LogP) is 4.67. The smallest absolute Gasteiger partial charge is 0.264 e. The lowest BCUT2D eigenvalue weighted by molar-refractivity contribution is -0.0168. The van der Waals surface area contributed by atoms with Crippen LogP contribution in [0.25, 0.3) is 0 Å². The van der Waals surface area contributed by atoms with E-state index in [1.165, 1.54) is 64.2 Å². The van der Waals surface area contributed by atoms with Gasteiger partial charge >= 0.3 is 0 Å². The average molecular weight is 543 g/mol. The van der Waals surface area contributed by atoms with Crippen LogP contribution in [-0.2, 0) is 38.5 Å². The molecular weight excluding hydrogens is 488 g/mol. The third kappa shape index (κ3) is 33.7. The molecule has 218 valence electrons. The average Bonchev–Trinajstić information content (AvgIpc) is 2.84. The van der Waals surface area contributed by atoms with Crippen molar-refractivity contribution >= 4 is 10.1 Å². The van der Waals surface area contributed by atoms with Gasteiger partial charge in [0.15, 0.2) is 0 Å². The van der Waals surface area contributed by atoms with Gasteiger partial charge in [0.25, 0.3) is 10.1 Å². The lowest BCUT2D eigenvalue weighted by atomic mass is 10.1. The highest BCUT2D eigenvalue weighted by atomic mass is 32.2. The maximum Gasteiger partial charge on any atom is 0.264 e. The summed E-state index contributed by atoms with van der Waals surface area (Å²) in [7, 11) is -3.90. The molecule has 0 radical (unpaired) electrons. The minimum absolute atomic E-state index is 0.264. The number of hydrogen-bond donors (Lipinski definition) is 1. The Labute approximate surface area is 220 Å². The van der Waals surface area contributed by atoms with Crippen LogP contribution in [0.15, 0.2) is 0 Å². The van der Waals surface area contributed by atoms with E-state index in [2.05, 4.69) is 6.92 Å². The van der Waals surface area contributed by atoms with Gasteiger partial charge in [0.05, 0.1) is 71.8 Å². The summed E-state index contributed by atoms with van der Waals surface area (Å²) in [6.07, 6.45) is 15.1. The van der Waals surface area contributed by atoms with Crippen molar-refractivity contribution in [3.05, 3.63) is 0 Å². The molecule has 9 nitrogen and oxygen atoms in total. The molecule has 1 N–H and O–H groups in total. The molecule has 0 bridgehead atoms. The number of ether oxygens (including phenoxy) is 6. The Hall–Kier alpha value is -0.330. The third-order valence-electron chi connectivity index (χ3n) is 5.44. The zero-order valence-corrected chi connectivity index (χ0v) is 23.6. The van der Waals surface area contributed by atoms with Gasteiger partial charge in [-0.1, -0.05) is 71.1 Å². The molecular formula is C26H54O9S. The molecule has 10 heteroatoms. The van der Waals surface area contributed by atoms with Gasteiger partial charge in [-0.25, -0.2) is 0 Å². The quantitative estimate of drug-likeness (QED) is 0.0986.